The van der Waals surface area contributed by atoms with E-state index in [2.05, 4.69) is 16.0 Å². The van der Waals surface area contributed by atoms with Crippen LogP contribution in [0, 0.1) is 0 Å². The number of anilines is 1. The highest BCUT2D eigenvalue weighted by atomic mass is 35.5. The highest BCUT2D eigenvalue weighted by Gasteiger charge is 2.15. The molecule has 2 rings (SSSR count). The van der Waals surface area contributed by atoms with Crippen molar-refractivity contribution in [3.05, 3.63) is 64.7 Å². The Morgan fingerprint density at radius 3 is 2.21 bits per heavy atom. The number of hydrogen-bond donors (Lipinski definition) is 3. The van der Waals surface area contributed by atoms with Gasteiger partial charge in [-0.2, -0.15) is 0 Å². The Balaban J connectivity index is 1.86. The summed E-state index contributed by atoms with van der Waals surface area (Å²) in [5, 5.41) is 8.79. The van der Waals surface area contributed by atoms with Gasteiger partial charge >= 0.3 is 6.03 Å². The van der Waals surface area contributed by atoms with E-state index in [1.54, 1.807) is 55.6 Å². The molecule has 0 atom stereocenters. The average molecular weight is 417 g/mol. The van der Waals surface area contributed by atoms with Gasteiger partial charge in [0.05, 0.1) is 6.54 Å². The number of carbonyl (C=O) groups excluding carboxylic acids is 3. The number of nitrogens with one attached hydrogen (secondary N) is 3. The zero-order valence-corrected chi connectivity index (χ0v) is 17.4. The van der Waals surface area contributed by atoms with Crippen molar-refractivity contribution in [1.29, 1.82) is 0 Å². The van der Waals surface area contributed by atoms with Crippen LogP contribution < -0.4 is 16.0 Å². The first-order valence-electron chi connectivity index (χ1n) is 9.19. The molecule has 3 N–H and O–H groups in total. The van der Waals surface area contributed by atoms with Crippen LogP contribution in [-0.2, 0) is 11.3 Å². The predicted molar refractivity (Wildman–Crippen MR) is 114 cm³/mol. The molecule has 7 nitrogen and oxygen atoms in total. The lowest BCUT2D eigenvalue weighted by Crippen LogP contribution is -2.39. The van der Waals surface area contributed by atoms with Gasteiger partial charge in [0.25, 0.3) is 5.91 Å². The van der Waals surface area contributed by atoms with Gasteiger partial charge in [0.2, 0.25) is 5.91 Å². The lowest BCUT2D eigenvalue weighted by molar-refractivity contribution is -0.116. The van der Waals surface area contributed by atoms with Crippen LogP contribution >= 0.6 is 11.6 Å². The maximum atomic E-state index is 12.5. The van der Waals surface area contributed by atoms with Crippen LogP contribution in [0.15, 0.2) is 48.5 Å². The zero-order valence-electron chi connectivity index (χ0n) is 16.7. The van der Waals surface area contributed by atoms with Gasteiger partial charge in [0, 0.05) is 35.9 Å². The van der Waals surface area contributed by atoms with Crippen molar-refractivity contribution >= 4 is 35.1 Å². The maximum absolute atomic E-state index is 12.5. The Kier molecular flexibility index (Phi) is 8.03. The third-order valence-corrected chi connectivity index (χ3v) is 4.18. The predicted octanol–water partition coefficient (Wildman–Crippen LogP) is 3.26. The Bertz CT molecular complexity index is 851. The van der Waals surface area contributed by atoms with E-state index in [9.17, 15) is 14.4 Å². The Labute approximate surface area is 175 Å². The van der Waals surface area contributed by atoms with Crippen LogP contribution in [-0.4, -0.2) is 42.4 Å². The lowest BCUT2D eigenvalue weighted by Gasteiger charge is -2.17. The summed E-state index contributed by atoms with van der Waals surface area (Å²) in [6, 6.07) is 13.4. The first-order valence-corrected chi connectivity index (χ1v) is 9.56. The Morgan fingerprint density at radius 1 is 1.00 bits per heavy atom. The molecule has 2 aromatic carbocycles. The standard InChI is InChI=1S/C21H25ClN4O3/c1-14(2)24-21(29)23-12-15-4-6-16(7-5-15)20(28)26(3)13-19(27)25-18-10-8-17(22)9-11-18/h4-11,14H,12-13H2,1-3H3,(H,25,27)(H2,23,24,29). The molecular formula is C21H25ClN4O3. The number of hydrogen-bond acceptors (Lipinski definition) is 3. The van der Waals surface area contributed by atoms with Crippen molar-refractivity contribution in [3.8, 4) is 0 Å². The van der Waals surface area contributed by atoms with Gasteiger partial charge < -0.3 is 20.9 Å². The SMILES string of the molecule is CC(C)NC(=O)NCc1ccc(C(=O)N(C)CC(=O)Nc2ccc(Cl)cc2)cc1. The van der Waals surface area contributed by atoms with E-state index in [0.717, 1.165) is 5.56 Å². The van der Waals surface area contributed by atoms with Gasteiger partial charge in [0.15, 0.2) is 0 Å². The first kappa shape index (κ1) is 22.2. The van der Waals surface area contributed by atoms with Crippen LogP contribution in [0.5, 0.6) is 0 Å². The minimum Gasteiger partial charge on any atom is -0.336 e. The van der Waals surface area contributed by atoms with E-state index in [-0.39, 0.29) is 30.4 Å². The molecule has 0 aliphatic carbocycles. The summed E-state index contributed by atoms with van der Waals surface area (Å²) in [4.78, 5) is 37.6. The highest BCUT2D eigenvalue weighted by molar-refractivity contribution is 6.30. The molecule has 0 aliphatic rings. The molecule has 0 radical (unpaired) electrons. The molecule has 4 amide bonds. The van der Waals surface area contributed by atoms with Crippen LogP contribution in [0.1, 0.15) is 29.8 Å². The molecule has 0 aliphatic heterocycles. The smallest absolute Gasteiger partial charge is 0.315 e. The molecule has 0 saturated carbocycles. The molecular weight excluding hydrogens is 392 g/mol. The van der Waals surface area contributed by atoms with Crippen LogP contribution in [0.2, 0.25) is 5.02 Å². The summed E-state index contributed by atoms with van der Waals surface area (Å²) in [6.07, 6.45) is 0. The number of amides is 4. The largest absolute Gasteiger partial charge is 0.336 e. The molecule has 0 spiro atoms. The van der Waals surface area contributed by atoms with Crippen molar-refractivity contribution in [3.63, 3.8) is 0 Å². The van der Waals surface area contributed by atoms with Gasteiger partial charge in [-0.25, -0.2) is 4.79 Å². The number of nitrogens with zero attached hydrogens (tertiary/aromatic N) is 1. The first-order chi connectivity index (χ1) is 13.7. The van der Waals surface area contributed by atoms with E-state index < -0.39 is 0 Å². The minimum absolute atomic E-state index is 0.0578. The Morgan fingerprint density at radius 2 is 1.62 bits per heavy atom. The van der Waals surface area contributed by atoms with E-state index in [1.807, 2.05) is 13.8 Å². The van der Waals surface area contributed by atoms with Gasteiger partial charge in [-0.3, -0.25) is 9.59 Å². The summed E-state index contributed by atoms with van der Waals surface area (Å²) in [6.45, 7) is 4.03. The topological polar surface area (TPSA) is 90.5 Å². The molecule has 0 saturated heterocycles. The molecule has 154 valence electrons. The van der Waals surface area contributed by atoms with E-state index in [4.69, 9.17) is 11.6 Å². The third-order valence-electron chi connectivity index (χ3n) is 3.93. The Hall–Kier alpha value is -3.06. The lowest BCUT2D eigenvalue weighted by atomic mass is 10.1. The second-order valence-electron chi connectivity index (χ2n) is 6.89. The zero-order chi connectivity index (χ0) is 21.4. The number of likely N-dealkylation sites (N-methyl/N-ethyl adjacent to an activating group) is 1. The molecule has 0 unspecified atom stereocenters. The third kappa shape index (κ3) is 7.46. The average Bonchev–Trinajstić information content (AvgIpc) is 2.67. The monoisotopic (exact) mass is 416 g/mol. The van der Waals surface area contributed by atoms with Crippen molar-refractivity contribution in [2.75, 3.05) is 18.9 Å². The molecule has 0 bridgehead atoms. The van der Waals surface area contributed by atoms with E-state index in [1.165, 1.54) is 4.90 Å². The molecule has 0 aromatic heterocycles. The second-order valence-corrected chi connectivity index (χ2v) is 7.33. The maximum Gasteiger partial charge on any atom is 0.315 e. The number of halogens is 1. The summed E-state index contributed by atoms with van der Waals surface area (Å²) >= 11 is 5.82. The summed E-state index contributed by atoms with van der Waals surface area (Å²) in [5.74, 6) is -0.575. The molecule has 8 heteroatoms. The van der Waals surface area contributed by atoms with Crippen molar-refractivity contribution in [2.45, 2.75) is 26.4 Å². The minimum atomic E-state index is -0.305. The summed E-state index contributed by atoms with van der Waals surface area (Å²) < 4.78 is 0. The fraction of sp³-hybridized carbons (Fsp3) is 0.286. The normalized spacial score (nSPS) is 10.4. The van der Waals surface area contributed by atoms with Crippen molar-refractivity contribution < 1.29 is 14.4 Å². The van der Waals surface area contributed by atoms with Gasteiger partial charge in [0.1, 0.15) is 0 Å². The van der Waals surface area contributed by atoms with Gasteiger partial charge in [-0.1, -0.05) is 23.7 Å². The van der Waals surface area contributed by atoms with Crippen LogP contribution in [0.25, 0.3) is 0 Å². The van der Waals surface area contributed by atoms with E-state index >= 15 is 0 Å². The number of rotatable bonds is 7. The second kappa shape index (κ2) is 10.5. The molecule has 0 heterocycles. The summed E-state index contributed by atoms with van der Waals surface area (Å²) in [5.41, 5.74) is 1.93. The summed E-state index contributed by atoms with van der Waals surface area (Å²) in [7, 11) is 1.56. The van der Waals surface area contributed by atoms with Crippen LogP contribution in [0.3, 0.4) is 0 Å². The van der Waals surface area contributed by atoms with Gasteiger partial charge in [-0.05, 0) is 55.8 Å². The van der Waals surface area contributed by atoms with Crippen molar-refractivity contribution in [2.24, 2.45) is 0 Å². The van der Waals surface area contributed by atoms with Crippen molar-refractivity contribution in [1.82, 2.24) is 15.5 Å². The fourth-order valence-corrected chi connectivity index (χ4v) is 2.63. The quantitative estimate of drug-likeness (QED) is 0.647. The van der Waals surface area contributed by atoms with Gasteiger partial charge in [-0.15, -0.1) is 0 Å². The molecule has 0 fully saturated rings. The van der Waals surface area contributed by atoms with E-state index in [0.29, 0.717) is 22.8 Å². The molecule has 2 aromatic rings. The molecule has 29 heavy (non-hydrogen) atoms. The number of benzene rings is 2. The number of carbonyl (C=O) groups is 3. The van der Waals surface area contributed by atoms with Crippen LogP contribution in [0.4, 0.5) is 10.5 Å². The fourth-order valence-electron chi connectivity index (χ4n) is 2.50. The number of urea groups is 1. The highest BCUT2D eigenvalue weighted by Crippen LogP contribution is 2.13.